The van der Waals surface area contributed by atoms with Crippen molar-refractivity contribution in [1.29, 1.82) is 0 Å². The summed E-state index contributed by atoms with van der Waals surface area (Å²) in [5.74, 6) is 0. The molecule has 3 heteroatoms. The summed E-state index contributed by atoms with van der Waals surface area (Å²) in [6.07, 6.45) is 7.60. The van der Waals surface area contributed by atoms with Gasteiger partial charge in [-0.15, -0.1) is 0 Å². The number of nitrogens with zero attached hydrogens (tertiary/aromatic N) is 2. The Morgan fingerprint density at radius 2 is 2.25 bits per heavy atom. The molecule has 1 aromatic heterocycles. The molecule has 1 saturated heterocycles. The molecule has 0 amide bonds. The standard InChI is InChI=1S/C17H23N3/c1-2-9-20-10-3-4-17(13-20)19-16-6-5-15-12-18-8-7-14(15)11-16/h5-8,11-12,17,19H,2-4,9-10,13H2,1H3. The van der Waals surface area contributed by atoms with E-state index < -0.39 is 0 Å². The Hall–Kier alpha value is -1.61. The van der Waals surface area contributed by atoms with Crippen molar-refractivity contribution in [2.45, 2.75) is 32.2 Å². The molecule has 2 heterocycles. The van der Waals surface area contributed by atoms with Crippen LogP contribution in [-0.4, -0.2) is 35.6 Å². The predicted octanol–water partition coefficient (Wildman–Crippen LogP) is 3.52. The minimum absolute atomic E-state index is 0.578. The number of hydrogen-bond donors (Lipinski definition) is 1. The van der Waals surface area contributed by atoms with Gasteiger partial charge in [-0.3, -0.25) is 4.98 Å². The normalized spacial score (nSPS) is 20.1. The van der Waals surface area contributed by atoms with Crippen molar-refractivity contribution in [3.05, 3.63) is 36.7 Å². The first-order valence-corrected chi connectivity index (χ1v) is 7.68. The van der Waals surface area contributed by atoms with Crippen molar-refractivity contribution in [3.8, 4) is 0 Å². The second-order valence-electron chi connectivity index (χ2n) is 5.72. The van der Waals surface area contributed by atoms with E-state index in [1.54, 1.807) is 0 Å². The van der Waals surface area contributed by atoms with Gasteiger partial charge < -0.3 is 10.2 Å². The Morgan fingerprint density at radius 3 is 3.15 bits per heavy atom. The number of benzene rings is 1. The monoisotopic (exact) mass is 269 g/mol. The fraction of sp³-hybridized carbons (Fsp3) is 0.471. The molecule has 2 aromatic rings. The molecule has 106 valence electrons. The van der Waals surface area contributed by atoms with Crippen LogP contribution >= 0.6 is 0 Å². The van der Waals surface area contributed by atoms with Crippen LogP contribution in [0, 0.1) is 0 Å². The van der Waals surface area contributed by atoms with Gasteiger partial charge in [-0.1, -0.05) is 13.0 Å². The summed E-state index contributed by atoms with van der Waals surface area (Å²) in [6.45, 7) is 5.91. The highest BCUT2D eigenvalue weighted by molar-refractivity contribution is 5.84. The van der Waals surface area contributed by atoms with Crippen LogP contribution in [0.3, 0.4) is 0 Å². The van der Waals surface area contributed by atoms with Gasteiger partial charge in [-0.05, 0) is 55.9 Å². The number of pyridine rings is 1. The molecule has 1 aromatic carbocycles. The molecule has 0 bridgehead atoms. The molecular formula is C17H23N3. The van der Waals surface area contributed by atoms with Gasteiger partial charge in [0.15, 0.2) is 0 Å². The Kier molecular flexibility index (Phi) is 4.16. The van der Waals surface area contributed by atoms with Crippen LogP contribution in [0.15, 0.2) is 36.7 Å². The lowest BCUT2D eigenvalue weighted by atomic mass is 10.0. The summed E-state index contributed by atoms with van der Waals surface area (Å²) in [6, 6.07) is 9.20. The van der Waals surface area contributed by atoms with Gasteiger partial charge in [0, 0.05) is 36.1 Å². The quantitative estimate of drug-likeness (QED) is 0.920. The smallest absolute Gasteiger partial charge is 0.0388 e. The highest BCUT2D eigenvalue weighted by Crippen LogP contribution is 2.21. The van der Waals surface area contributed by atoms with E-state index in [4.69, 9.17) is 0 Å². The molecule has 1 N–H and O–H groups in total. The minimum Gasteiger partial charge on any atom is -0.381 e. The number of rotatable bonds is 4. The minimum atomic E-state index is 0.578. The lowest BCUT2D eigenvalue weighted by Crippen LogP contribution is -2.42. The SMILES string of the molecule is CCCN1CCCC(Nc2ccc3cnccc3c2)C1. The number of hydrogen-bond acceptors (Lipinski definition) is 3. The van der Waals surface area contributed by atoms with Gasteiger partial charge in [0.05, 0.1) is 0 Å². The second kappa shape index (κ2) is 6.23. The second-order valence-corrected chi connectivity index (χ2v) is 5.72. The van der Waals surface area contributed by atoms with Crippen LogP contribution in [-0.2, 0) is 0 Å². The summed E-state index contributed by atoms with van der Waals surface area (Å²) in [5.41, 5.74) is 1.23. The molecule has 1 fully saturated rings. The number of aromatic nitrogens is 1. The molecular weight excluding hydrogens is 246 g/mol. The van der Waals surface area contributed by atoms with Gasteiger partial charge in [0.25, 0.3) is 0 Å². The van der Waals surface area contributed by atoms with Crippen LogP contribution in [0.4, 0.5) is 5.69 Å². The summed E-state index contributed by atoms with van der Waals surface area (Å²) in [5, 5.41) is 6.16. The maximum atomic E-state index is 4.16. The summed E-state index contributed by atoms with van der Waals surface area (Å²) < 4.78 is 0. The van der Waals surface area contributed by atoms with Gasteiger partial charge >= 0.3 is 0 Å². The van der Waals surface area contributed by atoms with Crippen LogP contribution in [0.2, 0.25) is 0 Å². The van der Waals surface area contributed by atoms with E-state index in [9.17, 15) is 0 Å². The summed E-state index contributed by atoms with van der Waals surface area (Å²) in [7, 11) is 0. The highest BCUT2D eigenvalue weighted by Gasteiger charge is 2.18. The molecule has 3 nitrogen and oxygen atoms in total. The van der Waals surface area contributed by atoms with E-state index in [0.717, 1.165) is 0 Å². The molecule has 3 rings (SSSR count). The number of likely N-dealkylation sites (tertiary alicyclic amines) is 1. The largest absolute Gasteiger partial charge is 0.381 e. The van der Waals surface area contributed by atoms with E-state index in [1.165, 1.54) is 55.4 Å². The Morgan fingerprint density at radius 1 is 1.30 bits per heavy atom. The van der Waals surface area contributed by atoms with E-state index in [-0.39, 0.29) is 0 Å². The predicted molar refractivity (Wildman–Crippen MR) is 85.1 cm³/mol. The molecule has 0 saturated carbocycles. The zero-order valence-corrected chi connectivity index (χ0v) is 12.2. The molecule has 1 aliphatic rings. The fourth-order valence-electron chi connectivity index (χ4n) is 3.10. The molecule has 20 heavy (non-hydrogen) atoms. The van der Waals surface area contributed by atoms with Crippen molar-refractivity contribution in [3.63, 3.8) is 0 Å². The third kappa shape index (κ3) is 3.10. The number of piperidine rings is 1. The van der Waals surface area contributed by atoms with E-state index in [0.29, 0.717) is 6.04 Å². The summed E-state index contributed by atoms with van der Waals surface area (Å²) in [4.78, 5) is 6.74. The molecule has 1 unspecified atom stereocenters. The first kappa shape index (κ1) is 13.4. The average molecular weight is 269 g/mol. The molecule has 0 radical (unpaired) electrons. The van der Waals surface area contributed by atoms with Crippen molar-refractivity contribution in [1.82, 2.24) is 9.88 Å². The van der Waals surface area contributed by atoms with Crippen molar-refractivity contribution in [2.75, 3.05) is 25.0 Å². The zero-order chi connectivity index (χ0) is 13.8. The number of nitrogens with one attached hydrogen (secondary N) is 1. The zero-order valence-electron chi connectivity index (χ0n) is 12.2. The van der Waals surface area contributed by atoms with Gasteiger partial charge in [0.2, 0.25) is 0 Å². The van der Waals surface area contributed by atoms with Gasteiger partial charge in [-0.2, -0.15) is 0 Å². The van der Waals surface area contributed by atoms with Crippen molar-refractivity contribution >= 4 is 16.5 Å². The van der Waals surface area contributed by atoms with Crippen LogP contribution < -0.4 is 5.32 Å². The third-order valence-electron chi connectivity index (χ3n) is 4.06. The van der Waals surface area contributed by atoms with E-state index in [1.807, 2.05) is 12.4 Å². The first-order valence-electron chi connectivity index (χ1n) is 7.68. The Labute approximate surface area is 121 Å². The van der Waals surface area contributed by atoms with Crippen LogP contribution in [0.5, 0.6) is 0 Å². The Balaban J connectivity index is 1.69. The van der Waals surface area contributed by atoms with Crippen LogP contribution in [0.1, 0.15) is 26.2 Å². The van der Waals surface area contributed by atoms with E-state index >= 15 is 0 Å². The molecule has 0 spiro atoms. The highest BCUT2D eigenvalue weighted by atomic mass is 15.2. The molecule has 0 aliphatic carbocycles. The van der Waals surface area contributed by atoms with Gasteiger partial charge in [0.1, 0.15) is 0 Å². The summed E-state index contributed by atoms with van der Waals surface area (Å²) >= 11 is 0. The fourth-order valence-corrected chi connectivity index (χ4v) is 3.10. The Bertz CT molecular complexity index is 565. The molecule has 1 atom stereocenters. The van der Waals surface area contributed by atoms with Crippen LogP contribution in [0.25, 0.3) is 10.8 Å². The first-order chi connectivity index (χ1) is 9.85. The van der Waals surface area contributed by atoms with Gasteiger partial charge in [-0.25, -0.2) is 0 Å². The van der Waals surface area contributed by atoms with E-state index in [2.05, 4.69) is 46.4 Å². The molecule has 1 aliphatic heterocycles. The maximum absolute atomic E-state index is 4.16. The number of anilines is 1. The lowest BCUT2D eigenvalue weighted by Gasteiger charge is -2.33. The maximum Gasteiger partial charge on any atom is 0.0388 e. The third-order valence-corrected chi connectivity index (χ3v) is 4.06. The van der Waals surface area contributed by atoms with Crippen molar-refractivity contribution < 1.29 is 0 Å². The average Bonchev–Trinajstić information content (AvgIpc) is 2.48. The topological polar surface area (TPSA) is 28.2 Å². The van der Waals surface area contributed by atoms with Crippen molar-refractivity contribution in [2.24, 2.45) is 0 Å². The lowest BCUT2D eigenvalue weighted by molar-refractivity contribution is 0.217. The number of fused-ring (bicyclic) bond motifs is 1.